The molecule has 1 N–H and O–H groups in total. The van der Waals surface area contributed by atoms with Crippen LogP contribution in [0, 0.1) is 11.7 Å². The Morgan fingerprint density at radius 2 is 2.13 bits per heavy atom. The van der Waals surface area contributed by atoms with E-state index in [1.54, 1.807) is 0 Å². The Morgan fingerprint density at radius 3 is 2.67 bits per heavy atom. The highest BCUT2D eigenvalue weighted by Crippen LogP contribution is 2.26. The van der Waals surface area contributed by atoms with Gasteiger partial charge in [-0.1, -0.05) is 30.1 Å². The van der Waals surface area contributed by atoms with Crippen molar-refractivity contribution in [2.24, 2.45) is 5.92 Å². The van der Waals surface area contributed by atoms with Crippen molar-refractivity contribution in [2.75, 3.05) is 0 Å². The monoisotopic (exact) mass is 250 g/mol. The lowest BCUT2D eigenvalue weighted by Crippen LogP contribution is -2.12. The molecule has 2 nitrogen and oxygen atoms in total. The maximum atomic E-state index is 13.1. The molecule has 0 spiro atoms. The molecule has 0 heterocycles. The summed E-state index contributed by atoms with van der Waals surface area (Å²) in [6, 6.07) is 2.57. The normalized spacial score (nSPS) is 12.5. The van der Waals surface area contributed by atoms with E-state index in [0.29, 0.717) is 5.56 Å². The number of carboxylic acids is 1. The molecule has 0 bridgehead atoms. The van der Waals surface area contributed by atoms with Crippen molar-refractivity contribution in [3.63, 3.8) is 0 Å². The largest absolute Gasteiger partial charge is 0.481 e. The fraction of sp³-hybridized carbons (Fsp3) is 0.300. The molecule has 1 atom stereocenters. The first-order chi connectivity index (χ1) is 6.91. The lowest BCUT2D eigenvalue weighted by atomic mass is 10.0. The van der Waals surface area contributed by atoms with E-state index in [0.717, 1.165) is 6.07 Å². The van der Waals surface area contributed by atoms with Crippen molar-refractivity contribution >= 4 is 29.2 Å². The number of carbonyl (C=O) groups is 1. The van der Waals surface area contributed by atoms with Gasteiger partial charge < -0.3 is 5.11 Å². The van der Waals surface area contributed by atoms with E-state index in [1.807, 2.05) is 0 Å². The Balaban J connectivity index is 2.99. The molecule has 0 amide bonds. The first-order valence-electron chi connectivity index (χ1n) is 4.28. The van der Waals surface area contributed by atoms with Gasteiger partial charge in [0.25, 0.3) is 0 Å². The molecule has 0 saturated carbocycles. The predicted octanol–water partition coefficient (Wildman–Crippen LogP) is 3.40. The third-order valence-electron chi connectivity index (χ3n) is 2.02. The lowest BCUT2D eigenvalue weighted by Gasteiger charge is -2.09. The molecule has 0 fully saturated rings. The summed E-state index contributed by atoms with van der Waals surface area (Å²) >= 11 is 11.3. The van der Waals surface area contributed by atoms with E-state index >= 15 is 0 Å². The van der Waals surface area contributed by atoms with Crippen LogP contribution in [0.3, 0.4) is 0 Å². The zero-order valence-electron chi connectivity index (χ0n) is 7.93. The van der Waals surface area contributed by atoms with Crippen LogP contribution in [-0.2, 0) is 11.2 Å². The SMILES string of the molecule is CC(Cc1cc(Cl)cc(F)c1Cl)C(=O)O. The van der Waals surface area contributed by atoms with Gasteiger partial charge in [-0.2, -0.15) is 0 Å². The minimum atomic E-state index is -0.952. The Hall–Kier alpha value is -0.800. The van der Waals surface area contributed by atoms with Gasteiger partial charge in [-0.3, -0.25) is 4.79 Å². The van der Waals surface area contributed by atoms with Crippen LogP contribution in [0.5, 0.6) is 0 Å². The van der Waals surface area contributed by atoms with Crippen LogP contribution >= 0.6 is 23.2 Å². The highest BCUT2D eigenvalue weighted by molar-refractivity contribution is 6.33. The molecule has 1 rings (SSSR count). The average Bonchev–Trinajstić information content (AvgIpc) is 2.13. The third-order valence-corrected chi connectivity index (χ3v) is 2.66. The molecule has 1 aromatic rings. The Kier molecular flexibility index (Phi) is 3.94. The highest BCUT2D eigenvalue weighted by atomic mass is 35.5. The van der Waals surface area contributed by atoms with E-state index in [9.17, 15) is 9.18 Å². The molecule has 0 radical (unpaired) electrons. The summed E-state index contributed by atoms with van der Waals surface area (Å²) in [7, 11) is 0. The van der Waals surface area contributed by atoms with Gasteiger partial charge in [-0.25, -0.2) is 4.39 Å². The minimum absolute atomic E-state index is 0.0625. The summed E-state index contributed by atoms with van der Waals surface area (Å²) in [6.45, 7) is 1.53. The summed E-state index contributed by atoms with van der Waals surface area (Å²) in [5, 5.41) is 8.85. The molecular formula is C10H9Cl2FO2. The van der Waals surface area contributed by atoms with E-state index in [2.05, 4.69) is 0 Å². The van der Waals surface area contributed by atoms with Crippen molar-refractivity contribution in [3.05, 3.63) is 33.6 Å². The number of carboxylic acid groups (broad SMARTS) is 1. The number of aliphatic carboxylic acids is 1. The third kappa shape index (κ3) is 3.08. The van der Waals surface area contributed by atoms with Crippen LogP contribution in [-0.4, -0.2) is 11.1 Å². The second-order valence-electron chi connectivity index (χ2n) is 3.30. The standard InChI is InChI=1S/C10H9Cl2FO2/c1-5(10(14)15)2-6-3-7(11)4-8(13)9(6)12/h3-5H,2H2,1H3,(H,14,15). The van der Waals surface area contributed by atoms with E-state index in [-0.39, 0.29) is 16.5 Å². The van der Waals surface area contributed by atoms with Gasteiger partial charge in [0.1, 0.15) is 5.82 Å². The van der Waals surface area contributed by atoms with Gasteiger partial charge in [0.15, 0.2) is 0 Å². The molecule has 0 aliphatic heterocycles. The zero-order valence-corrected chi connectivity index (χ0v) is 9.44. The molecule has 0 aliphatic carbocycles. The number of benzene rings is 1. The van der Waals surface area contributed by atoms with E-state index < -0.39 is 17.7 Å². The minimum Gasteiger partial charge on any atom is -0.481 e. The average molecular weight is 251 g/mol. The number of rotatable bonds is 3. The highest BCUT2D eigenvalue weighted by Gasteiger charge is 2.16. The topological polar surface area (TPSA) is 37.3 Å². The van der Waals surface area contributed by atoms with E-state index in [1.165, 1.54) is 13.0 Å². The maximum Gasteiger partial charge on any atom is 0.306 e. The van der Waals surface area contributed by atoms with E-state index in [4.69, 9.17) is 28.3 Å². The molecule has 0 saturated heterocycles. The second kappa shape index (κ2) is 4.81. The van der Waals surface area contributed by atoms with Crippen molar-refractivity contribution in [1.29, 1.82) is 0 Å². The van der Waals surface area contributed by atoms with Gasteiger partial charge in [0.2, 0.25) is 0 Å². The molecule has 15 heavy (non-hydrogen) atoms. The Morgan fingerprint density at radius 1 is 1.53 bits per heavy atom. The molecule has 1 unspecified atom stereocenters. The van der Waals surface area contributed by atoms with Crippen molar-refractivity contribution in [1.82, 2.24) is 0 Å². The van der Waals surface area contributed by atoms with Crippen molar-refractivity contribution < 1.29 is 14.3 Å². The van der Waals surface area contributed by atoms with Gasteiger partial charge in [0.05, 0.1) is 10.9 Å². The van der Waals surface area contributed by atoms with Crippen LogP contribution in [0.1, 0.15) is 12.5 Å². The van der Waals surface area contributed by atoms with Crippen molar-refractivity contribution in [2.45, 2.75) is 13.3 Å². The Labute approximate surface area is 96.6 Å². The van der Waals surface area contributed by atoms with Crippen LogP contribution in [0.15, 0.2) is 12.1 Å². The fourth-order valence-electron chi connectivity index (χ4n) is 1.17. The molecule has 0 aliphatic rings. The molecule has 82 valence electrons. The number of hydrogen-bond donors (Lipinski definition) is 1. The smallest absolute Gasteiger partial charge is 0.306 e. The van der Waals surface area contributed by atoms with Gasteiger partial charge in [-0.15, -0.1) is 0 Å². The summed E-state index contributed by atoms with van der Waals surface area (Å²) in [6.07, 6.45) is 0.158. The van der Waals surface area contributed by atoms with Crippen LogP contribution in [0.4, 0.5) is 4.39 Å². The summed E-state index contributed by atoms with van der Waals surface area (Å²) in [5.41, 5.74) is 0.413. The van der Waals surface area contributed by atoms with Crippen LogP contribution in [0.25, 0.3) is 0 Å². The summed E-state index contributed by atoms with van der Waals surface area (Å²) < 4.78 is 13.1. The van der Waals surface area contributed by atoms with Gasteiger partial charge in [0, 0.05) is 5.02 Å². The van der Waals surface area contributed by atoms with Gasteiger partial charge >= 0.3 is 5.97 Å². The number of halogens is 3. The fourth-order valence-corrected chi connectivity index (χ4v) is 1.59. The zero-order chi connectivity index (χ0) is 11.6. The molecule has 0 aromatic heterocycles. The molecular weight excluding hydrogens is 242 g/mol. The maximum absolute atomic E-state index is 13.1. The lowest BCUT2D eigenvalue weighted by molar-refractivity contribution is -0.141. The van der Waals surface area contributed by atoms with Crippen molar-refractivity contribution in [3.8, 4) is 0 Å². The molecule has 1 aromatic carbocycles. The van der Waals surface area contributed by atoms with Gasteiger partial charge in [-0.05, 0) is 24.1 Å². The Bertz CT molecular complexity index is 393. The quantitative estimate of drug-likeness (QED) is 0.836. The first kappa shape index (κ1) is 12.3. The summed E-state index contributed by atoms with van der Waals surface area (Å²) in [4.78, 5) is 10.6. The molecule has 5 heteroatoms. The second-order valence-corrected chi connectivity index (χ2v) is 4.12. The van der Waals surface area contributed by atoms with Crippen LogP contribution < -0.4 is 0 Å². The predicted molar refractivity (Wildman–Crippen MR) is 56.9 cm³/mol. The summed E-state index contributed by atoms with van der Waals surface area (Å²) in [5.74, 6) is -2.21. The number of hydrogen-bond acceptors (Lipinski definition) is 1. The van der Waals surface area contributed by atoms with Crippen LogP contribution in [0.2, 0.25) is 10.0 Å². The first-order valence-corrected chi connectivity index (χ1v) is 5.03.